The maximum absolute atomic E-state index is 13.4. The molecule has 2 heterocycles. The number of nitrogens with zero attached hydrogens (tertiary/aromatic N) is 3. The van der Waals surface area contributed by atoms with Gasteiger partial charge in [-0.1, -0.05) is 0 Å². The van der Waals surface area contributed by atoms with Crippen molar-refractivity contribution in [1.82, 2.24) is 14.5 Å². The van der Waals surface area contributed by atoms with Gasteiger partial charge in [0, 0.05) is 24.7 Å². The molecule has 1 unspecified atom stereocenters. The maximum atomic E-state index is 13.4. The number of piperidine rings is 1. The van der Waals surface area contributed by atoms with E-state index in [1.165, 1.54) is 24.6 Å². The van der Waals surface area contributed by atoms with E-state index in [9.17, 15) is 8.42 Å². The number of ether oxygens (including phenoxy) is 3. The zero-order chi connectivity index (χ0) is 22.7. The molecule has 4 rings (SSSR count). The zero-order valence-electron chi connectivity index (χ0n) is 18.1. The van der Waals surface area contributed by atoms with E-state index in [4.69, 9.17) is 18.6 Å². The van der Waals surface area contributed by atoms with Crippen LogP contribution in [0.4, 0.5) is 0 Å². The number of methoxy groups -OCH3 is 3. The Morgan fingerprint density at radius 1 is 0.969 bits per heavy atom. The lowest BCUT2D eigenvalue weighted by Gasteiger charge is -2.30. The third-order valence-electron chi connectivity index (χ3n) is 5.50. The minimum atomic E-state index is -3.81. The van der Waals surface area contributed by atoms with Crippen molar-refractivity contribution in [3.63, 3.8) is 0 Å². The summed E-state index contributed by atoms with van der Waals surface area (Å²) in [5.74, 6) is 2.06. The van der Waals surface area contributed by atoms with E-state index in [1.807, 2.05) is 24.3 Å². The quantitative estimate of drug-likeness (QED) is 0.530. The maximum Gasteiger partial charge on any atom is 0.247 e. The summed E-state index contributed by atoms with van der Waals surface area (Å²) in [5, 5.41) is 8.35. The molecule has 0 N–H and O–H groups in total. The topological polar surface area (TPSA) is 104 Å². The number of hydrogen-bond donors (Lipinski definition) is 0. The average Bonchev–Trinajstić information content (AvgIpc) is 3.34. The predicted octanol–water partition coefficient (Wildman–Crippen LogP) is 3.33. The van der Waals surface area contributed by atoms with Crippen LogP contribution in [-0.2, 0) is 10.0 Å². The monoisotopic (exact) mass is 459 g/mol. The molecular weight excluding hydrogens is 434 g/mol. The van der Waals surface area contributed by atoms with Gasteiger partial charge in [-0.05, 0) is 49.2 Å². The van der Waals surface area contributed by atoms with Crippen LogP contribution in [0, 0.1) is 0 Å². The number of sulfonamides is 1. The van der Waals surface area contributed by atoms with Gasteiger partial charge in [0.15, 0.2) is 0 Å². The molecule has 32 heavy (non-hydrogen) atoms. The van der Waals surface area contributed by atoms with Gasteiger partial charge >= 0.3 is 0 Å². The van der Waals surface area contributed by atoms with Crippen LogP contribution in [0.1, 0.15) is 24.7 Å². The van der Waals surface area contributed by atoms with Crippen LogP contribution in [0.25, 0.3) is 11.5 Å². The van der Waals surface area contributed by atoms with Crippen LogP contribution < -0.4 is 14.2 Å². The second-order valence-corrected chi connectivity index (χ2v) is 9.30. The Bertz CT molecular complexity index is 1180. The fourth-order valence-corrected chi connectivity index (χ4v) is 5.43. The number of rotatable bonds is 7. The van der Waals surface area contributed by atoms with E-state index in [1.54, 1.807) is 19.2 Å². The lowest BCUT2D eigenvalue weighted by Crippen LogP contribution is -2.39. The average molecular weight is 460 g/mol. The first-order valence-corrected chi connectivity index (χ1v) is 11.6. The van der Waals surface area contributed by atoms with Crippen molar-refractivity contribution in [2.24, 2.45) is 0 Å². The van der Waals surface area contributed by atoms with Gasteiger partial charge < -0.3 is 18.6 Å². The van der Waals surface area contributed by atoms with E-state index < -0.39 is 10.0 Å². The van der Waals surface area contributed by atoms with Gasteiger partial charge in [-0.15, -0.1) is 10.2 Å². The molecule has 170 valence electrons. The first-order chi connectivity index (χ1) is 15.5. The van der Waals surface area contributed by atoms with Gasteiger partial charge in [0.1, 0.15) is 22.1 Å². The molecule has 10 heteroatoms. The molecule has 1 aromatic heterocycles. The first-order valence-electron chi connectivity index (χ1n) is 10.2. The highest BCUT2D eigenvalue weighted by molar-refractivity contribution is 7.89. The van der Waals surface area contributed by atoms with Gasteiger partial charge in [-0.2, -0.15) is 4.31 Å². The number of hydrogen-bond acceptors (Lipinski definition) is 8. The highest BCUT2D eigenvalue weighted by atomic mass is 32.2. The summed E-state index contributed by atoms with van der Waals surface area (Å²) >= 11 is 0. The molecule has 0 saturated carbocycles. The molecule has 1 aliphatic rings. The van der Waals surface area contributed by atoms with Crippen molar-refractivity contribution in [3.05, 3.63) is 48.4 Å². The van der Waals surface area contributed by atoms with Gasteiger partial charge in [0.05, 0.1) is 27.2 Å². The Balaban J connectivity index is 1.57. The van der Waals surface area contributed by atoms with E-state index in [0.29, 0.717) is 30.5 Å². The minimum absolute atomic E-state index is 0.0736. The number of aromatic nitrogens is 2. The van der Waals surface area contributed by atoms with Crippen molar-refractivity contribution in [1.29, 1.82) is 0 Å². The summed E-state index contributed by atoms with van der Waals surface area (Å²) in [7, 11) is 0.729. The van der Waals surface area contributed by atoms with Crippen molar-refractivity contribution < 1.29 is 27.0 Å². The van der Waals surface area contributed by atoms with Gasteiger partial charge in [-0.3, -0.25) is 0 Å². The molecule has 0 aliphatic carbocycles. The minimum Gasteiger partial charge on any atom is -0.497 e. The highest BCUT2D eigenvalue weighted by Crippen LogP contribution is 2.35. The Morgan fingerprint density at radius 2 is 1.69 bits per heavy atom. The Kier molecular flexibility index (Phi) is 6.33. The van der Waals surface area contributed by atoms with Crippen LogP contribution in [0.15, 0.2) is 51.8 Å². The molecule has 1 saturated heterocycles. The molecule has 2 aromatic carbocycles. The predicted molar refractivity (Wildman–Crippen MR) is 117 cm³/mol. The molecule has 9 nitrogen and oxygen atoms in total. The summed E-state index contributed by atoms with van der Waals surface area (Å²) in [6.07, 6.45) is 1.43. The molecule has 0 radical (unpaired) electrons. The van der Waals surface area contributed by atoms with Crippen molar-refractivity contribution in [3.8, 4) is 28.7 Å². The SMILES string of the molecule is COc1ccc(-c2nnc(C3CCCN(S(=O)(=O)c4cc(OC)ccc4OC)C3)o2)cc1. The largest absolute Gasteiger partial charge is 0.497 e. The summed E-state index contributed by atoms with van der Waals surface area (Å²) in [5.41, 5.74) is 0.769. The lowest BCUT2D eigenvalue weighted by molar-refractivity contribution is 0.285. The lowest BCUT2D eigenvalue weighted by atomic mass is 10.00. The third-order valence-corrected chi connectivity index (χ3v) is 7.39. The Labute approximate surface area is 187 Å². The van der Waals surface area contributed by atoms with E-state index in [-0.39, 0.29) is 23.1 Å². The third kappa shape index (κ3) is 4.28. The van der Waals surface area contributed by atoms with Crippen LogP contribution in [0.5, 0.6) is 17.2 Å². The highest BCUT2D eigenvalue weighted by Gasteiger charge is 2.35. The Morgan fingerprint density at radius 3 is 2.38 bits per heavy atom. The summed E-state index contributed by atoms with van der Waals surface area (Å²) in [6.45, 7) is 0.644. The normalized spacial score (nSPS) is 17.2. The molecule has 1 atom stereocenters. The molecule has 1 aliphatic heterocycles. The molecule has 0 amide bonds. The standard InChI is InChI=1S/C22H25N3O6S/c1-28-17-8-6-15(7-9-17)21-23-24-22(31-21)16-5-4-12-25(14-16)32(26,27)20-13-18(29-2)10-11-19(20)30-3/h6-11,13,16H,4-5,12,14H2,1-3H3. The molecule has 0 bridgehead atoms. The van der Waals surface area contributed by atoms with Gasteiger partial charge in [0.25, 0.3) is 0 Å². The van der Waals surface area contributed by atoms with E-state index in [0.717, 1.165) is 17.7 Å². The van der Waals surface area contributed by atoms with Gasteiger partial charge in [0.2, 0.25) is 21.8 Å². The molecule has 3 aromatic rings. The molecule has 1 fully saturated rings. The van der Waals surface area contributed by atoms with Crippen LogP contribution in [0.3, 0.4) is 0 Å². The second kappa shape index (κ2) is 9.17. The van der Waals surface area contributed by atoms with Crippen LogP contribution in [-0.4, -0.2) is 57.3 Å². The zero-order valence-corrected chi connectivity index (χ0v) is 19.0. The summed E-state index contributed by atoms with van der Waals surface area (Å²) < 4.78 is 49.8. The fraction of sp³-hybridized carbons (Fsp3) is 0.364. The fourth-order valence-electron chi connectivity index (χ4n) is 3.74. The van der Waals surface area contributed by atoms with Crippen molar-refractivity contribution in [2.75, 3.05) is 34.4 Å². The van der Waals surface area contributed by atoms with Crippen LogP contribution >= 0.6 is 0 Å². The van der Waals surface area contributed by atoms with E-state index in [2.05, 4.69) is 10.2 Å². The number of benzene rings is 2. The van der Waals surface area contributed by atoms with Gasteiger partial charge in [-0.25, -0.2) is 8.42 Å². The first kappa shape index (κ1) is 22.1. The smallest absolute Gasteiger partial charge is 0.247 e. The van der Waals surface area contributed by atoms with E-state index >= 15 is 0 Å². The Hall–Kier alpha value is -3.11. The summed E-state index contributed by atoms with van der Waals surface area (Å²) in [4.78, 5) is 0.0736. The second-order valence-electron chi connectivity index (χ2n) is 7.39. The van der Waals surface area contributed by atoms with Crippen molar-refractivity contribution in [2.45, 2.75) is 23.7 Å². The van der Waals surface area contributed by atoms with Crippen molar-refractivity contribution >= 4 is 10.0 Å². The molecular formula is C22H25N3O6S. The molecule has 0 spiro atoms. The summed E-state index contributed by atoms with van der Waals surface area (Å²) in [6, 6.07) is 12.0. The van der Waals surface area contributed by atoms with Crippen LogP contribution in [0.2, 0.25) is 0 Å².